The molecule has 1 unspecified atom stereocenters. The molecule has 1 aromatic rings. The number of hydrogen-bond acceptors (Lipinski definition) is 3. The van der Waals surface area contributed by atoms with Gasteiger partial charge in [-0.05, 0) is 32.9 Å². The summed E-state index contributed by atoms with van der Waals surface area (Å²) < 4.78 is 19.3. The Labute approximate surface area is 116 Å². The van der Waals surface area contributed by atoms with Crippen molar-refractivity contribution in [2.24, 2.45) is 0 Å². The number of benzene rings is 1. The minimum absolute atomic E-state index is 0.0617. The quantitative estimate of drug-likeness (QED) is 0.845. The first kappa shape index (κ1) is 15.3. The monoisotopic (exact) mass is 284 g/mol. The third-order valence-electron chi connectivity index (χ3n) is 2.05. The second kappa shape index (κ2) is 5.45. The lowest BCUT2D eigenvalue weighted by molar-refractivity contribution is 0.0379. The zero-order valence-corrected chi connectivity index (χ0v) is 11.6. The van der Waals surface area contributed by atoms with E-state index in [1.54, 1.807) is 20.8 Å². The summed E-state index contributed by atoms with van der Waals surface area (Å²) in [6.45, 7) is 4.91. The van der Waals surface area contributed by atoms with Gasteiger partial charge in [0.15, 0.2) is 0 Å². The Kier molecular flexibility index (Phi) is 4.38. The molecule has 0 aliphatic heterocycles. The molecule has 0 bridgehead atoms. The molecule has 0 aromatic heterocycles. The molecule has 1 aromatic carbocycles. The van der Waals surface area contributed by atoms with Gasteiger partial charge in [0.2, 0.25) is 0 Å². The third-order valence-corrected chi connectivity index (χ3v) is 2.28. The van der Waals surface area contributed by atoms with Gasteiger partial charge in [0.05, 0.1) is 0 Å². The molecular weight excluding hydrogens is 271 g/mol. The Bertz CT molecular complexity index is 522. The van der Waals surface area contributed by atoms with Crippen LogP contribution in [0.25, 0.3) is 0 Å². The number of alkyl halides is 1. The zero-order valence-electron chi connectivity index (χ0n) is 10.8. The molecule has 1 N–H and O–H groups in total. The summed E-state index contributed by atoms with van der Waals surface area (Å²) in [5.74, 6) is -2.69. The Morgan fingerprint density at radius 1 is 1.47 bits per heavy atom. The van der Waals surface area contributed by atoms with Gasteiger partial charge in [-0.3, -0.25) is 5.32 Å². The number of amides is 1. The summed E-state index contributed by atoms with van der Waals surface area (Å²) in [4.78, 5) is 11.5. The highest BCUT2D eigenvalue weighted by molar-refractivity contribution is 6.30. The summed E-state index contributed by atoms with van der Waals surface area (Å²) in [7, 11) is 0. The molecule has 1 atom stereocenters. The highest BCUT2D eigenvalue weighted by Crippen LogP contribution is 2.25. The van der Waals surface area contributed by atoms with Gasteiger partial charge in [0.25, 0.3) is 5.79 Å². The van der Waals surface area contributed by atoms with Crippen molar-refractivity contribution in [1.82, 2.24) is 5.32 Å². The molecular formula is C13H14ClFN2O2. The van der Waals surface area contributed by atoms with E-state index < -0.39 is 17.5 Å². The summed E-state index contributed by atoms with van der Waals surface area (Å²) in [6.07, 6.45) is -1.02. The van der Waals surface area contributed by atoms with Gasteiger partial charge in [-0.25, -0.2) is 4.79 Å². The van der Waals surface area contributed by atoms with E-state index >= 15 is 0 Å². The van der Waals surface area contributed by atoms with Crippen molar-refractivity contribution in [3.63, 3.8) is 0 Å². The SMILES string of the molecule is CC(C)(C)OC(=O)NC(F)(C#N)c1cccc(Cl)c1. The average molecular weight is 285 g/mol. The maximum absolute atomic E-state index is 14.4. The summed E-state index contributed by atoms with van der Waals surface area (Å²) in [6, 6.07) is 7.05. The van der Waals surface area contributed by atoms with E-state index in [0.29, 0.717) is 0 Å². The van der Waals surface area contributed by atoms with Gasteiger partial charge in [-0.1, -0.05) is 23.7 Å². The fourth-order valence-corrected chi connectivity index (χ4v) is 1.50. The summed E-state index contributed by atoms with van der Waals surface area (Å²) in [5, 5.41) is 11.1. The van der Waals surface area contributed by atoms with Crippen LogP contribution in [0, 0.1) is 11.3 Å². The van der Waals surface area contributed by atoms with Crippen molar-refractivity contribution < 1.29 is 13.9 Å². The van der Waals surface area contributed by atoms with E-state index in [2.05, 4.69) is 0 Å². The van der Waals surface area contributed by atoms with Crippen LogP contribution >= 0.6 is 11.6 Å². The van der Waals surface area contributed by atoms with Crippen LogP contribution in [-0.2, 0) is 10.5 Å². The van der Waals surface area contributed by atoms with Crippen LogP contribution in [-0.4, -0.2) is 11.7 Å². The highest BCUT2D eigenvalue weighted by atomic mass is 35.5. The first-order chi connectivity index (χ1) is 8.66. The molecule has 102 valence electrons. The van der Waals surface area contributed by atoms with Crippen molar-refractivity contribution in [2.75, 3.05) is 0 Å². The Balaban J connectivity index is 2.94. The van der Waals surface area contributed by atoms with Crippen molar-refractivity contribution >= 4 is 17.7 Å². The minimum Gasteiger partial charge on any atom is -0.444 e. The number of nitrogens with zero attached hydrogens (tertiary/aromatic N) is 1. The maximum atomic E-state index is 14.4. The Morgan fingerprint density at radius 2 is 2.11 bits per heavy atom. The predicted molar refractivity (Wildman–Crippen MR) is 69.2 cm³/mol. The standard InChI is InChI=1S/C13H14ClFN2O2/c1-12(2,3)19-11(18)17-13(15,8-16)9-5-4-6-10(14)7-9/h4-7H,1-3H3,(H,17,18). The lowest BCUT2D eigenvalue weighted by atomic mass is 10.1. The molecule has 0 aliphatic rings. The number of nitriles is 1. The van der Waals surface area contributed by atoms with E-state index in [-0.39, 0.29) is 10.6 Å². The van der Waals surface area contributed by atoms with Crippen molar-refractivity contribution in [2.45, 2.75) is 32.2 Å². The van der Waals surface area contributed by atoms with Gasteiger partial charge in [0.1, 0.15) is 11.7 Å². The number of carbonyl (C=O) groups excluding carboxylic acids is 1. The van der Waals surface area contributed by atoms with Crippen LogP contribution < -0.4 is 5.32 Å². The van der Waals surface area contributed by atoms with Gasteiger partial charge in [-0.2, -0.15) is 9.65 Å². The highest BCUT2D eigenvalue weighted by Gasteiger charge is 2.35. The number of hydrogen-bond donors (Lipinski definition) is 1. The number of carbonyl (C=O) groups is 1. The Morgan fingerprint density at radius 3 is 2.58 bits per heavy atom. The van der Waals surface area contributed by atoms with E-state index in [0.717, 1.165) is 0 Å². The second-order valence-electron chi connectivity index (χ2n) is 4.91. The molecule has 6 heteroatoms. The van der Waals surface area contributed by atoms with Crippen LogP contribution in [0.3, 0.4) is 0 Å². The molecule has 0 heterocycles. The van der Waals surface area contributed by atoms with E-state index in [1.807, 2.05) is 5.32 Å². The molecule has 4 nitrogen and oxygen atoms in total. The molecule has 19 heavy (non-hydrogen) atoms. The summed E-state index contributed by atoms with van der Waals surface area (Å²) in [5.41, 5.74) is -0.845. The van der Waals surface area contributed by atoms with Crippen LogP contribution in [0.15, 0.2) is 24.3 Å². The minimum atomic E-state index is -2.69. The number of nitrogens with one attached hydrogen (secondary N) is 1. The first-order valence-corrected chi connectivity index (χ1v) is 5.91. The lowest BCUT2D eigenvalue weighted by Gasteiger charge is -2.24. The maximum Gasteiger partial charge on any atom is 0.411 e. The summed E-state index contributed by atoms with van der Waals surface area (Å²) >= 11 is 5.73. The second-order valence-corrected chi connectivity index (χ2v) is 5.34. The smallest absolute Gasteiger partial charge is 0.411 e. The topological polar surface area (TPSA) is 62.1 Å². The molecule has 0 aliphatic carbocycles. The van der Waals surface area contributed by atoms with Crippen LogP contribution in [0.2, 0.25) is 5.02 Å². The molecule has 0 fully saturated rings. The molecule has 1 rings (SSSR count). The fourth-order valence-electron chi connectivity index (χ4n) is 1.31. The third kappa shape index (κ3) is 4.42. The van der Waals surface area contributed by atoms with Crippen LogP contribution in [0.4, 0.5) is 9.18 Å². The van der Waals surface area contributed by atoms with Crippen molar-refractivity contribution in [1.29, 1.82) is 5.26 Å². The number of halogens is 2. The van der Waals surface area contributed by atoms with Gasteiger partial charge >= 0.3 is 6.09 Å². The van der Waals surface area contributed by atoms with Gasteiger partial charge in [0, 0.05) is 10.6 Å². The van der Waals surface area contributed by atoms with Crippen LogP contribution in [0.1, 0.15) is 26.3 Å². The number of alkyl carbamates (subject to hydrolysis) is 1. The molecule has 0 spiro atoms. The Hall–Kier alpha value is -1.80. The van der Waals surface area contributed by atoms with E-state index in [9.17, 15) is 9.18 Å². The van der Waals surface area contributed by atoms with E-state index in [1.165, 1.54) is 30.3 Å². The lowest BCUT2D eigenvalue weighted by Crippen LogP contribution is -2.44. The van der Waals surface area contributed by atoms with Crippen LogP contribution in [0.5, 0.6) is 0 Å². The number of ether oxygens (including phenoxy) is 1. The fraction of sp³-hybridized carbons (Fsp3) is 0.385. The molecule has 0 saturated carbocycles. The van der Waals surface area contributed by atoms with Crippen molar-refractivity contribution in [3.05, 3.63) is 34.9 Å². The normalized spacial score (nSPS) is 14.1. The van der Waals surface area contributed by atoms with E-state index in [4.69, 9.17) is 21.6 Å². The molecule has 0 radical (unpaired) electrons. The largest absolute Gasteiger partial charge is 0.444 e. The van der Waals surface area contributed by atoms with Gasteiger partial charge < -0.3 is 4.74 Å². The number of rotatable bonds is 2. The van der Waals surface area contributed by atoms with Gasteiger partial charge in [-0.15, -0.1) is 0 Å². The first-order valence-electron chi connectivity index (χ1n) is 5.54. The predicted octanol–water partition coefficient (Wildman–Crippen LogP) is 3.51. The van der Waals surface area contributed by atoms with Crippen molar-refractivity contribution in [3.8, 4) is 6.07 Å². The molecule has 1 amide bonds. The zero-order chi connectivity index (χ0) is 14.7. The average Bonchev–Trinajstić information content (AvgIpc) is 2.26. The molecule has 0 saturated heterocycles.